The number of rotatable bonds is 2. The third-order valence-corrected chi connectivity index (χ3v) is 4.08. The number of carbonyl (C=O) groups excluding carboxylic acids is 2. The maximum atomic E-state index is 12.7. The van der Waals surface area contributed by atoms with E-state index in [1.165, 1.54) is 12.0 Å². The van der Waals surface area contributed by atoms with Crippen LogP contribution in [0.3, 0.4) is 0 Å². The number of furan rings is 1. The summed E-state index contributed by atoms with van der Waals surface area (Å²) >= 11 is 3.36. The Hall–Kier alpha value is -2.02. The normalized spacial score (nSPS) is 17.9. The summed E-state index contributed by atoms with van der Waals surface area (Å²) in [6.45, 7) is 1.95. The van der Waals surface area contributed by atoms with Crippen molar-refractivity contribution in [2.24, 2.45) is 0 Å². The van der Waals surface area contributed by atoms with Crippen LogP contribution in [0, 0.1) is 0 Å². The highest BCUT2D eigenvalue weighted by Gasteiger charge is 2.34. The Morgan fingerprint density at radius 3 is 3.00 bits per heavy atom. The standard InChI is InChI=1S/C15H14BrNO5/c1-8-7-21-13-10-4-3-9(16)5-11(10)22-14(13)15(19)17(8)6-12(18)20-2/h3-5,8H,6-7H2,1-2H3. The molecule has 1 aromatic heterocycles. The molecule has 7 heteroatoms. The van der Waals surface area contributed by atoms with Gasteiger partial charge >= 0.3 is 5.97 Å². The third kappa shape index (κ3) is 2.45. The molecule has 2 aromatic rings. The van der Waals surface area contributed by atoms with Crippen LogP contribution in [0.15, 0.2) is 27.1 Å². The molecule has 0 N–H and O–H groups in total. The molecule has 22 heavy (non-hydrogen) atoms. The lowest BCUT2D eigenvalue weighted by molar-refractivity contribution is -0.141. The first-order valence-electron chi connectivity index (χ1n) is 6.74. The summed E-state index contributed by atoms with van der Waals surface area (Å²) in [6.07, 6.45) is 0. The van der Waals surface area contributed by atoms with Crippen LogP contribution in [0.2, 0.25) is 0 Å². The van der Waals surface area contributed by atoms with Gasteiger partial charge in [0.25, 0.3) is 5.91 Å². The van der Waals surface area contributed by atoms with Crippen molar-refractivity contribution in [1.82, 2.24) is 4.90 Å². The largest absolute Gasteiger partial charge is 0.487 e. The van der Waals surface area contributed by atoms with Crippen LogP contribution in [0.4, 0.5) is 0 Å². The average Bonchev–Trinajstić information content (AvgIpc) is 2.81. The van der Waals surface area contributed by atoms with Crippen molar-refractivity contribution in [2.75, 3.05) is 20.3 Å². The maximum Gasteiger partial charge on any atom is 0.325 e. The molecule has 0 saturated heterocycles. The number of nitrogens with zero attached hydrogens (tertiary/aromatic N) is 1. The summed E-state index contributed by atoms with van der Waals surface area (Å²) in [7, 11) is 1.29. The molecule has 2 heterocycles. The average molecular weight is 368 g/mol. The topological polar surface area (TPSA) is 69.0 Å². The number of esters is 1. The van der Waals surface area contributed by atoms with Crippen LogP contribution in [0.25, 0.3) is 11.0 Å². The van der Waals surface area contributed by atoms with Gasteiger partial charge in [-0.25, -0.2) is 0 Å². The molecule has 6 nitrogen and oxygen atoms in total. The fraction of sp³-hybridized carbons (Fsp3) is 0.333. The van der Waals surface area contributed by atoms with Gasteiger partial charge in [-0.2, -0.15) is 0 Å². The first-order chi connectivity index (χ1) is 10.5. The van der Waals surface area contributed by atoms with E-state index in [0.717, 1.165) is 9.86 Å². The minimum Gasteiger partial charge on any atom is -0.487 e. The van der Waals surface area contributed by atoms with E-state index in [2.05, 4.69) is 20.7 Å². The summed E-state index contributed by atoms with van der Waals surface area (Å²) in [5.41, 5.74) is 0.556. The fourth-order valence-electron chi connectivity index (χ4n) is 2.39. The van der Waals surface area contributed by atoms with Crippen LogP contribution in [0.1, 0.15) is 17.5 Å². The van der Waals surface area contributed by atoms with Crippen LogP contribution in [-0.4, -0.2) is 43.1 Å². The predicted octanol–water partition coefficient (Wildman–Crippen LogP) is 2.59. The van der Waals surface area contributed by atoms with Gasteiger partial charge in [0, 0.05) is 4.47 Å². The molecule has 0 spiro atoms. The summed E-state index contributed by atoms with van der Waals surface area (Å²) in [6, 6.07) is 5.19. The molecule has 1 aliphatic heterocycles. The monoisotopic (exact) mass is 367 g/mol. The Labute approximate surface area is 135 Å². The van der Waals surface area contributed by atoms with E-state index >= 15 is 0 Å². The lowest BCUT2D eigenvalue weighted by atomic mass is 10.2. The fourth-order valence-corrected chi connectivity index (χ4v) is 2.73. The lowest BCUT2D eigenvalue weighted by Gasteiger charge is -2.24. The van der Waals surface area contributed by atoms with Gasteiger partial charge in [0.2, 0.25) is 5.76 Å². The van der Waals surface area contributed by atoms with E-state index in [0.29, 0.717) is 11.3 Å². The number of halogens is 1. The number of hydrogen-bond donors (Lipinski definition) is 0. The highest BCUT2D eigenvalue weighted by molar-refractivity contribution is 9.10. The van der Waals surface area contributed by atoms with Crippen LogP contribution < -0.4 is 4.74 Å². The zero-order valence-corrected chi connectivity index (χ0v) is 13.7. The van der Waals surface area contributed by atoms with Gasteiger partial charge in [0.1, 0.15) is 18.7 Å². The van der Waals surface area contributed by atoms with Crippen molar-refractivity contribution >= 4 is 38.8 Å². The molecule has 1 aliphatic rings. The molecule has 1 unspecified atom stereocenters. The molecule has 0 bridgehead atoms. The van der Waals surface area contributed by atoms with E-state index in [1.807, 2.05) is 19.1 Å². The molecule has 0 aliphatic carbocycles. The Morgan fingerprint density at radius 2 is 2.27 bits per heavy atom. The number of benzene rings is 1. The SMILES string of the molecule is COC(=O)CN1C(=O)c2oc3cc(Br)ccc3c2OCC1C. The summed E-state index contributed by atoms with van der Waals surface area (Å²) in [4.78, 5) is 25.6. The van der Waals surface area contributed by atoms with Crippen molar-refractivity contribution in [2.45, 2.75) is 13.0 Å². The van der Waals surface area contributed by atoms with Crippen molar-refractivity contribution in [3.63, 3.8) is 0 Å². The van der Waals surface area contributed by atoms with Gasteiger partial charge in [-0.1, -0.05) is 15.9 Å². The minimum atomic E-state index is -0.484. The number of carbonyl (C=O) groups is 2. The molecule has 1 atom stereocenters. The molecule has 3 rings (SSSR count). The molecule has 0 fully saturated rings. The van der Waals surface area contributed by atoms with E-state index in [9.17, 15) is 9.59 Å². The second-order valence-electron chi connectivity index (χ2n) is 5.07. The van der Waals surface area contributed by atoms with Gasteiger partial charge in [0.05, 0.1) is 18.5 Å². The number of methoxy groups -OCH3 is 1. The first kappa shape index (κ1) is 14.9. The molecule has 0 radical (unpaired) electrons. The van der Waals surface area contributed by atoms with E-state index in [1.54, 1.807) is 6.07 Å². The quantitative estimate of drug-likeness (QED) is 0.763. The third-order valence-electron chi connectivity index (χ3n) is 3.59. The Balaban J connectivity index is 2.06. The van der Waals surface area contributed by atoms with Crippen LogP contribution in [0.5, 0.6) is 5.75 Å². The second-order valence-corrected chi connectivity index (χ2v) is 5.99. The molecule has 116 valence electrons. The summed E-state index contributed by atoms with van der Waals surface area (Å²) < 4.78 is 16.9. The van der Waals surface area contributed by atoms with Gasteiger partial charge < -0.3 is 18.8 Å². The molecular formula is C15H14BrNO5. The van der Waals surface area contributed by atoms with E-state index in [4.69, 9.17) is 9.15 Å². The molecular weight excluding hydrogens is 354 g/mol. The van der Waals surface area contributed by atoms with Crippen molar-refractivity contribution < 1.29 is 23.5 Å². The van der Waals surface area contributed by atoms with Crippen LogP contribution in [-0.2, 0) is 9.53 Å². The molecule has 1 amide bonds. The Morgan fingerprint density at radius 1 is 1.50 bits per heavy atom. The smallest absolute Gasteiger partial charge is 0.325 e. The van der Waals surface area contributed by atoms with Crippen molar-refractivity contribution in [1.29, 1.82) is 0 Å². The molecule has 0 saturated carbocycles. The highest BCUT2D eigenvalue weighted by Crippen LogP contribution is 2.37. The van der Waals surface area contributed by atoms with Gasteiger partial charge in [-0.15, -0.1) is 0 Å². The Bertz CT molecular complexity index is 754. The number of amides is 1. The number of fused-ring (bicyclic) bond motifs is 3. The molecule has 1 aromatic carbocycles. The van der Waals surface area contributed by atoms with Gasteiger partial charge in [-0.3, -0.25) is 9.59 Å². The lowest BCUT2D eigenvalue weighted by Crippen LogP contribution is -2.43. The minimum absolute atomic E-state index is 0.112. The highest BCUT2D eigenvalue weighted by atomic mass is 79.9. The zero-order chi connectivity index (χ0) is 15.9. The van der Waals surface area contributed by atoms with Gasteiger partial charge in [-0.05, 0) is 25.1 Å². The predicted molar refractivity (Wildman–Crippen MR) is 81.9 cm³/mol. The van der Waals surface area contributed by atoms with Crippen molar-refractivity contribution in [3.05, 3.63) is 28.4 Å². The van der Waals surface area contributed by atoms with Crippen molar-refractivity contribution in [3.8, 4) is 5.75 Å². The van der Waals surface area contributed by atoms with E-state index in [-0.39, 0.29) is 30.9 Å². The number of hydrogen-bond acceptors (Lipinski definition) is 5. The van der Waals surface area contributed by atoms with Gasteiger partial charge in [0.15, 0.2) is 5.75 Å². The second kappa shape index (κ2) is 5.64. The number of ether oxygens (including phenoxy) is 2. The maximum absolute atomic E-state index is 12.7. The van der Waals surface area contributed by atoms with Crippen LogP contribution >= 0.6 is 15.9 Å². The zero-order valence-electron chi connectivity index (χ0n) is 12.1. The summed E-state index contributed by atoms with van der Waals surface area (Å²) in [5, 5.41) is 0.735. The summed E-state index contributed by atoms with van der Waals surface area (Å²) in [5.74, 6) is -0.326. The Kier molecular flexibility index (Phi) is 3.82. The first-order valence-corrected chi connectivity index (χ1v) is 7.53. The van der Waals surface area contributed by atoms with E-state index < -0.39 is 5.97 Å².